The summed E-state index contributed by atoms with van der Waals surface area (Å²) in [4.78, 5) is 35.0. The van der Waals surface area contributed by atoms with Gasteiger partial charge in [-0.15, -0.1) is 0 Å². The molecular formula is C30H41N5O5. The molecule has 2 aromatic carbocycles. The molecule has 10 heteroatoms. The van der Waals surface area contributed by atoms with E-state index in [0.29, 0.717) is 12.4 Å². The number of aliphatic hydroxyl groups is 2. The number of carbonyl (C=O) groups excluding carboxylic acids is 2. The molecule has 10 nitrogen and oxygen atoms in total. The van der Waals surface area contributed by atoms with Crippen LogP contribution in [0.2, 0.25) is 0 Å². The fourth-order valence-corrected chi connectivity index (χ4v) is 4.29. The molecule has 1 aromatic heterocycles. The van der Waals surface area contributed by atoms with Crippen molar-refractivity contribution >= 4 is 12.0 Å². The first-order chi connectivity index (χ1) is 18.9. The van der Waals surface area contributed by atoms with Gasteiger partial charge in [0, 0.05) is 0 Å². The van der Waals surface area contributed by atoms with Crippen molar-refractivity contribution in [2.24, 2.45) is 0 Å². The van der Waals surface area contributed by atoms with Crippen molar-refractivity contribution < 1.29 is 24.5 Å². The van der Waals surface area contributed by atoms with E-state index in [1.54, 1.807) is 20.8 Å². The third-order valence-corrected chi connectivity index (χ3v) is 6.13. The lowest BCUT2D eigenvalue weighted by Crippen LogP contribution is -2.57. The first-order valence-electron chi connectivity index (χ1n) is 13.3. The first kappa shape index (κ1) is 30.8. The summed E-state index contributed by atoms with van der Waals surface area (Å²) in [6.45, 7) is 5.76. The Morgan fingerprint density at radius 3 is 1.88 bits per heavy atom. The lowest BCUT2D eigenvalue weighted by Gasteiger charge is -2.33. The predicted molar refractivity (Wildman–Crippen MR) is 153 cm³/mol. The average Bonchev–Trinajstić information content (AvgIpc) is 3.35. The number of aliphatic hydroxyl groups excluding tert-OH is 2. The van der Waals surface area contributed by atoms with Gasteiger partial charge in [0.25, 0.3) is 5.91 Å². The van der Waals surface area contributed by atoms with Crippen molar-refractivity contribution in [2.45, 2.75) is 70.1 Å². The van der Waals surface area contributed by atoms with Gasteiger partial charge in [-0.25, -0.2) is 9.78 Å². The number of amides is 2. The molecule has 0 bridgehead atoms. The van der Waals surface area contributed by atoms with E-state index in [1.165, 1.54) is 6.20 Å². The minimum Gasteiger partial charge on any atom is -0.444 e. The maximum Gasteiger partial charge on any atom is 0.407 e. The molecule has 0 aliphatic rings. The first-order valence-corrected chi connectivity index (χ1v) is 13.3. The highest BCUT2D eigenvalue weighted by Gasteiger charge is 2.35. The van der Waals surface area contributed by atoms with Crippen LogP contribution in [0.5, 0.6) is 0 Å². The van der Waals surface area contributed by atoms with Crippen LogP contribution in [0.1, 0.15) is 48.2 Å². The molecule has 4 atom stereocenters. The number of aromatic amines is 1. The molecule has 3 aromatic rings. The van der Waals surface area contributed by atoms with Gasteiger partial charge < -0.3 is 35.5 Å². The monoisotopic (exact) mass is 551 g/mol. The molecule has 0 saturated heterocycles. The van der Waals surface area contributed by atoms with E-state index in [-0.39, 0.29) is 18.5 Å². The Labute approximate surface area is 235 Å². The summed E-state index contributed by atoms with van der Waals surface area (Å²) >= 11 is 0. The smallest absolute Gasteiger partial charge is 0.407 e. The van der Waals surface area contributed by atoms with E-state index >= 15 is 0 Å². The minimum absolute atomic E-state index is 0.235. The number of rotatable bonds is 12. The summed E-state index contributed by atoms with van der Waals surface area (Å²) in [7, 11) is 3.79. The van der Waals surface area contributed by atoms with E-state index in [0.717, 1.165) is 11.1 Å². The summed E-state index contributed by atoms with van der Waals surface area (Å²) < 4.78 is 5.42. The van der Waals surface area contributed by atoms with Crippen molar-refractivity contribution in [2.75, 3.05) is 14.1 Å². The summed E-state index contributed by atoms with van der Waals surface area (Å²) in [6.07, 6.45) is -1.66. The lowest BCUT2D eigenvalue weighted by molar-refractivity contribution is -0.0258. The number of alkyl carbamates (subject to hydrolysis) is 1. The zero-order chi connectivity index (χ0) is 29.3. The van der Waals surface area contributed by atoms with Crippen LogP contribution in [0.4, 0.5) is 4.79 Å². The molecule has 3 rings (SSSR count). The second kappa shape index (κ2) is 14.1. The normalized spacial score (nSPS) is 14.7. The number of nitrogens with one attached hydrogen (secondary N) is 3. The molecule has 0 unspecified atom stereocenters. The quantitative estimate of drug-likeness (QED) is 0.233. The van der Waals surface area contributed by atoms with Crippen molar-refractivity contribution in [3.63, 3.8) is 0 Å². The molecule has 0 aliphatic carbocycles. The van der Waals surface area contributed by atoms with Crippen molar-refractivity contribution in [3.05, 3.63) is 89.5 Å². The fourth-order valence-electron chi connectivity index (χ4n) is 4.29. The Balaban J connectivity index is 1.84. The second-order valence-electron chi connectivity index (χ2n) is 11.2. The summed E-state index contributed by atoms with van der Waals surface area (Å²) in [5.74, 6) is 0.157. The van der Waals surface area contributed by atoms with Crippen LogP contribution in [0.3, 0.4) is 0 Å². The molecule has 0 saturated carbocycles. The second-order valence-corrected chi connectivity index (χ2v) is 11.2. The maximum atomic E-state index is 13.2. The van der Waals surface area contributed by atoms with Gasteiger partial charge in [-0.1, -0.05) is 60.7 Å². The van der Waals surface area contributed by atoms with Crippen LogP contribution < -0.4 is 10.6 Å². The highest BCUT2D eigenvalue weighted by atomic mass is 16.6. The molecule has 0 aliphatic heterocycles. The van der Waals surface area contributed by atoms with Crippen molar-refractivity contribution in [3.8, 4) is 0 Å². The van der Waals surface area contributed by atoms with E-state index in [2.05, 4.69) is 20.6 Å². The SMILES string of the molecule is CN(C)Cc1ncc(C(=O)N[C@@H](Cc2ccccc2)[C@@H](O)[C@@H](O)[C@@H](Cc2ccccc2)NC(=O)OC(C)(C)C)[nH]1. The van der Waals surface area contributed by atoms with Crippen molar-refractivity contribution in [1.29, 1.82) is 0 Å². The lowest BCUT2D eigenvalue weighted by atomic mass is 9.91. The Morgan fingerprint density at radius 2 is 1.40 bits per heavy atom. The summed E-state index contributed by atoms with van der Waals surface area (Å²) in [5, 5.41) is 28.5. The molecule has 2 amide bonds. The van der Waals surface area contributed by atoms with Gasteiger partial charge in [0.05, 0.1) is 24.8 Å². The van der Waals surface area contributed by atoms with Crippen LogP contribution in [0.15, 0.2) is 66.9 Å². The molecule has 0 radical (unpaired) electrons. The van der Waals surface area contributed by atoms with Gasteiger partial charge in [0.15, 0.2) is 0 Å². The van der Waals surface area contributed by atoms with Gasteiger partial charge in [-0.2, -0.15) is 0 Å². The van der Waals surface area contributed by atoms with Gasteiger partial charge in [-0.05, 0) is 58.8 Å². The molecule has 0 spiro atoms. The topological polar surface area (TPSA) is 140 Å². The zero-order valence-electron chi connectivity index (χ0n) is 23.8. The van der Waals surface area contributed by atoms with Crippen LogP contribution >= 0.6 is 0 Å². The number of aromatic nitrogens is 2. The Morgan fingerprint density at radius 1 is 0.900 bits per heavy atom. The van der Waals surface area contributed by atoms with Crippen LogP contribution in [0.25, 0.3) is 0 Å². The van der Waals surface area contributed by atoms with Gasteiger partial charge in [-0.3, -0.25) is 4.79 Å². The number of benzene rings is 2. The van der Waals surface area contributed by atoms with Crippen molar-refractivity contribution in [1.82, 2.24) is 25.5 Å². The number of H-pyrrole nitrogens is 1. The molecule has 216 valence electrons. The molecule has 0 fully saturated rings. The summed E-state index contributed by atoms with van der Waals surface area (Å²) in [5.41, 5.74) is 1.20. The highest BCUT2D eigenvalue weighted by Crippen LogP contribution is 2.16. The number of imidazole rings is 1. The standard InChI is InChI=1S/C30H41N5O5/c1-30(2,3)40-29(39)34-23(17-21-14-10-7-11-15-21)27(37)26(36)22(16-20-12-8-6-9-13-20)33-28(38)24-18-31-25(32-24)19-35(4)5/h6-15,18,22-23,26-27,36-37H,16-17,19H2,1-5H3,(H,31,32)(H,33,38)(H,34,39)/t22-,23+,26+,27-/m0/s1. The average molecular weight is 552 g/mol. The highest BCUT2D eigenvalue weighted by molar-refractivity contribution is 5.92. The third kappa shape index (κ3) is 9.78. The maximum absolute atomic E-state index is 13.2. The molecule has 1 heterocycles. The number of hydrogen-bond acceptors (Lipinski definition) is 7. The number of hydrogen-bond donors (Lipinski definition) is 5. The molecular weight excluding hydrogens is 510 g/mol. The van der Waals surface area contributed by atoms with Crippen LogP contribution in [0, 0.1) is 0 Å². The Bertz CT molecular complexity index is 1210. The summed E-state index contributed by atoms with van der Waals surface area (Å²) in [6, 6.07) is 16.9. The van der Waals surface area contributed by atoms with E-state index < -0.39 is 41.9 Å². The molecule has 40 heavy (non-hydrogen) atoms. The number of carbonyl (C=O) groups is 2. The number of ether oxygens (including phenoxy) is 1. The van der Waals surface area contributed by atoms with E-state index in [1.807, 2.05) is 79.7 Å². The largest absolute Gasteiger partial charge is 0.444 e. The third-order valence-electron chi connectivity index (χ3n) is 6.13. The van der Waals surface area contributed by atoms with Gasteiger partial charge in [0.2, 0.25) is 0 Å². The van der Waals surface area contributed by atoms with E-state index in [9.17, 15) is 19.8 Å². The number of nitrogens with zero attached hydrogens (tertiary/aromatic N) is 2. The Hall–Kier alpha value is -3.73. The Kier molecular flexibility index (Phi) is 10.8. The van der Waals surface area contributed by atoms with Gasteiger partial charge >= 0.3 is 6.09 Å². The molecule has 5 N–H and O–H groups in total. The minimum atomic E-state index is -1.44. The van der Waals surface area contributed by atoms with Crippen LogP contribution in [-0.2, 0) is 24.1 Å². The van der Waals surface area contributed by atoms with E-state index in [4.69, 9.17) is 4.74 Å². The predicted octanol–water partition coefficient (Wildman–Crippen LogP) is 2.67. The van der Waals surface area contributed by atoms with Crippen LogP contribution in [-0.4, -0.2) is 81.1 Å². The zero-order valence-corrected chi connectivity index (χ0v) is 23.8. The fraction of sp³-hybridized carbons (Fsp3) is 0.433. The van der Waals surface area contributed by atoms with Gasteiger partial charge in [0.1, 0.15) is 29.3 Å².